The minimum absolute atomic E-state index is 0.507. The van der Waals surface area contributed by atoms with Crippen LogP contribution in [0.5, 0.6) is 0 Å². The Bertz CT molecular complexity index is 162. The second-order valence-electron chi connectivity index (χ2n) is 1.80. The summed E-state index contributed by atoms with van der Waals surface area (Å²) in [7, 11) is 0.507. The average molecular weight is 159 g/mol. The van der Waals surface area contributed by atoms with Gasteiger partial charge in [0, 0.05) is 6.16 Å². The van der Waals surface area contributed by atoms with Gasteiger partial charge in [-0.1, -0.05) is 41.6 Å². The molecule has 0 spiro atoms. The number of benzene rings is 1. The van der Waals surface area contributed by atoms with Crippen LogP contribution < -0.4 is 0 Å². The second kappa shape index (κ2) is 3.87. The number of rotatable bonds is 2. The molecule has 0 fully saturated rings. The van der Waals surface area contributed by atoms with Crippen LogP contribution in [0, 0.1) is 0 Å². The van der Waals surface area contributed by atoms with Crippen LogP contribution in [-0.4, -0.2) is 0 Å². The molecule has 0 N–H and O–H groups in total. The molecule has 0 radical (unpaired) electrons. The molecule has 0 aliphatic carbocycles. The lowest BCUT2D eigenvalue weighted by Crippen LogP contribution is -1.72. The molecule has 0 bridgehead atoms. The molecule has 0 nitrogen and oxygen atoms in total. The summed E-state index contributed by atoms with van der Waals surface area (Å²) in [4.78, 5) is 0. The van der Waals surface area contributed by atoms with Gasteiger partial charge in [-0.15, -0.1) is 0 Å². The molecule has 9 heavy (non-hydrogen) atoms. The summed E-state index contributed by atoms with van der Waals surface area (Å²) in [6, 6.07) is 10.3. The first-order valence-electron chi connectivity index (χ1n) is 2.81. The fraction of sp³-hybridized carbons (Fsp3) is 0.143. The molecule has 1 aromatic rings. The van der Waals surface area contributed by atoms with Gasteiger partial charge in [-0.3, -0.25) is 0 Å². The summed E-state index contributed by atoms with van der Waals surface area (Å²) >= 11 is 5.56. The van der Waals surface area contributed by atoms with Crippen molar-refractivity contribution in [3.05, 3.63) is 35.9 Å². The van der Waals surface area contributed by atoms with E-state index in [1.54, 1.807) is 0 Å². The van der Waals surface area contributed by atoms with E-state index in [9.17, 15) is 0 Å². The molecule has 1 aromatic carbocycles. The monoisotopic (exact) mass is 158 g/mol. The van der Waals surface area contributed by atoms with E-state index < -0.39 is 0 Å². The van der Waals surface area contributed by atoms with Crippen LogP contribution in [0.2, 0.25) is 0 Å². The lowest BCUT2D eigenvalue weighted by Gasteiger charge is -1.92. The Balaban J connectivity index is 2.61. The molecule has 1 rings (SSSR count). The first-order valence-corrected chi connectivity index (χ1v) is 5.03. The highest BCUT2D eigenvalue weighted by Crippen LogP contribution is 2.21. The van der Waals surface area contributed by atoms with E-state index >= 15 is 0 Å². The van der Waals surface area contributed by atoms with Crippen LogP contribution in [0.3, 0.4) is 0 Å². The van der Waals surface area contributed by atoms with E-state index in [-0.39, 0.29) is 0 Å². The SMILES string of the molecule is ClPCc1ccccc1. The topological polar surface area (TPSA) is 0 Å². The molecule has 0 aromatic heterocycles. The molecule has 0 aliphatic heterocycles. The van der Waals surface area contributed by atoms with E-state index in [0.717, 1.165) is 6.16 Å². The van der Waals surface area contributed by atoms with Crippen molar-refractivity contribution < 1.29 is 0 Å². The molecule has 48 valence electrons. The third-order valence-electron chi connectivity index (χ3n) is 1.11. The molecule has 0 aliphatic rings. The number of hydrogen-bond acceptors (Lipinski definition) is 0. The van der Waals surface area contributed by atoms with Crippen molar-refractivity contribution in [3.8, 4) is 0 Å². The molecule has 0 amide bonds. The molecule has 0 saturated heterocycles. The minimum Gasteiger partial charge on any atom is -0.0997 e. The van der Waals surface area contributed by atoms with Crippen LogP contribution in [0.4, 0.5) is 0 Å². The summed E-state index contributed by atoms with van der Waals surface area (Å²) in [6.45, 7) is 0. The quantitative estimate of drug-likeness (QED) is 0.581. The molecule has 0 saturated carbocycles. The molecule has 0 heterocycles. The smallest absolute Gasteiger partial charge is 0.00384 e. The molecular weight excluding hydrogens is 151 g/mol. The van der Waals surface area contributed by atoms with Gasteiger partial charge in [-0.2, -0.15) is 0 Å². The highest BCUT2D eigenvalue weighted by Gasteiger charge is 1.85. The van der Waals surface area contributed by atoms with Crippen LogP contribution in [0.15, 0.2) is 30.3 Å². The molecular formula is C7H8ClP. The van der Waals surface area contributed by atoms with Gasteiger partial charge in [0.05, 0.1) is 0 Å². The van der Waals surface area contributed by atoms with Crippen LogP contribution >= 0.6 is 19.2 Å². The van der Waals surface area contributed by atoms with Crippen molar-refractivity contribution in [1.29, 1.82) is 0 Å². The van der Waals surface area contributed by atoms with E-state index in [0.29, 0.717) is 7.93 Å². The van der Waals surface area contributed by atoms with Crippen molar-refractivity contribution in [2.75, 3.05) is 0 Å². The zero-order valence-corrected chi connectivity index (χ0v) is 6.73. The summed E-state index contributed by atoms with van der Waals surface area (Å²) in [6.07, 6.45) is 1.00. The maximum atomic E-state index is 5.56. The van der Waals surface area contributed by atoms with Crippen molar-refractivity contribution >= 4 is 19.2 Å². The Morgan fingerprint density at radius 3 is 2.44 bits per heavy atom. The zero-order valence-electron chi connectivity index (χ0n) is 4.97. The Labute approximate surface area is 61.8 Å². The summed E-state index contributed by atoms with van der Waals surface area (Å²) in [5, 5.41) is 0. The van der Waals surface area contributed by atoms with Gasteiger partial charge < -0.3 is 0 Å². The Hall–Kier alpha value is -0.0600. The van der Waals surface area contributed by atoms with Gasteiger partial charge in [0.2, 0.25) is 0 Å². The van der Waals surface area contributed by atoms with E-state index in [1.165, 1.54) is 5.56 Å². The largest absolute Gasteiger partial charge is 0.0997 e. The van der Waals surface area contributed by atoms with Crippen molar-refractivity contribution in [2.45, 2.75) is 6.16 Å². The van der Waals surface area contributed by atoms with E-state index in [2.05, 4.69) is 12.1 Å². The van der Waals surface area contributed by atoms with Crippen molar-refractivity contribution in [2.24, 2.45) is 0 Å². The summed E-state index contributed by atoms with van der Waals surface area (Å²) in [5.74, 6) is 0. The van der Waals surface area contributed by atoms with Gasteiger partial charge in [0.15, 0.2) is 0 Å². The van der Waals surface area contributed by atoms with Crippen LogP contribution in [0.25, 0.3) is 0 Å². The Kier molecular flexibility index (Phi) is 3.03. The third-order valence-corrected chi connectivity index (χ3v) is 2.06. The summed E-state index contributed by atoms with van der Waals surface area (Å²) < 4.78 is 0. The van der Waals surface area contributed by atoms with Gasteiger partial charge in [-0.05, 0) is 13.5 Å². The first kappa shape index (κ1) is 7.05. The van der Waals surface area contributed by atoms with Crippen molar-refractivity contribution in [3.63, 3.8) is 0 Å². The van der Waals surface area contributed by atoms with Gasteiger partial charge in [-0.25, -0.2) is 0 Å². The van der Waals surface area contributed by atoms with Gasteiger partial charge in [0.25, 0.3) is 0 Å². The number of halogens is 1. The number of hydrogen-bond donors (Lipinski definition) is 0. The minimum atomic E-state index is 0.507. The molecule has 2 heteroatoms. The maximum absolute atomic E-state index is 5.56. The predicted octanol–water partition coefficient (Wildman–Crippen LogP) is 3.02. The summed E-state index contributed by atoms with van der Waals surface area (Å²) in [5.41, 5.74) is 1.32. The van der Waals surface area contributed by atoms with Crippen LogP contribution in [0.1, 0.15) is 5.56 Å². The highest BCUT2D eigenvalue weighted by molar-refractivity contribution is 7.67. The zero-order chi connectivity index (χ0) is 6.53. The average Bonchev–Trinajstić information content (AvgIpc) is 1.91. The normalized spacial score (nSPS) is 10.8. The lowest BCUT2D eigenvalue weighted by atomic mass is 10.2. The van der Waals surface area contributed by atoms with Crippen molar-refractivity contribution in [1.82, 2.24) is 0 Å². The fourth-order valence-electron chi connectivity index (χ4n) is 0.673. The Morgan fingerprint density at radius 1 is 1.22 bits per heavy atom. The van der Waals surface area contributed by atoms with Gasteiger partial charge in [0.1, 0.15) is 0 Å². The van der Waals surface area contributed by atoms with Gasteiger partial charge >= 0.3 is 0 Å². The highest BCUT2D eigenvalue weighted by atomic mass is 35.7. The fourth-order valence-corrected chi connectivity index (χ4v) is 1.53. The predicted molar refractivity (Wildman–Crippen MR) is 44.3 cm³/mol. The third kappa shape index (κ3) is 2.34. The molecule has 1 unspecified atom stereocenters. The second-order valence-corrected chi connectivity index (χ2v) is 3.22. The lowest BCUT2D eigenvalue weighted by molar-refractivity contribution is 1.42. The van der Waals surface area contributed by atoms with Crippen LogP contribution in [-0.2, 0) is 6.16 Å². The first-order chi connectivity index (χ1) is 4.43. The maximum Gasteiger partial charge on any atom is 0.00384 e. The van der Waals surface area contributed by atoms with E-state index in [1.807, 2.05) is 18.2 Å². The standard InChI is InChI=1S/C7H8ClP/c8-9-6-7-4-2-1-3-5-7/h1-5,9H,6H2. The Morgan fingerprint density at radius 2 is 1.89 bits per heavy atom. The molecule has 1 atom stereocenters. The van der Waals surface area contributed by atoms with E-state index in [4.69, 9.17) is 11.2 Å².